The molecule has 0 spiro atoms. The number of rotatable bonds is 3. The number of hydrogen-bond donors (Lipinski definition) is 1. The number of aryl methyl sites for hydroxylation is 1. The monoisotopic (exact) mass is 271 g/mol. The molecular weight excluding hydrogens is 254 g/mol. The van der Waals surface area contributed by atoms with Gasteiger partial charge in [-0.15, -0.1) is 0 Å². The van der Waals surface area contributed by atoms with Crippen molar-refractivity contribution >= 4 is 11.6 Å². The highest BCUT2D eigenvalue weighted by Gasteiger charge is 2.28. The van der Waals surface area contributed by atoms with Crippen LogP contribution in [0.4, 0.5) is 5.69 Å². The van der Waals surface area contributed by atoms with E-state index in [0.717, 1.165) is 23.6 Å². The van der Waals surface area contributed by atoms with E-state index in [-0.39, 0.29) is 11.9 Å². The number of hydrogen-bond acceptors (Lipinski definition) is 4. The summed E-state index contributed by atoms with van der Waals surface area (Å²) < 4.78 is 5.02. The SMILES string of the molecule is Cc1cc(CN(C)C(=O)[C@@H]2Cc3ccccc3N2)no1. The van der Waals surface area contributed by atoms with Crippen LogP contribution in [0.1, 0.15) is 17.0 Å². The number of carbonyl (C=O) groups excluding carboxylic acids is 1. The van der Waals surface area contributed by atoms with E-state index in [1.165, 1.54) is 5.56 Å². The highest BCUT2D eigenvalue weighted by Crippen LogP contribution is 2.26. The number of anilines is 1. The number of amides is 1. The topological polar surface area (TPSA) is 58.4 Å². The first-order valence-electron chi connectivity index (χ1n) is 6.65. The van der Waals surface area contributed by atoms with Gasteiger partial charge in [-0.3, -0.25) is 4.79 Å². The average Bonchev–Trinajstić information content (AvgIpc) is 3.03. The van der Waals surface area contributed by atoms with E-state index >= 15 is 0 Å². The zero-order valence-electron chi connectivity index (χ0n) is 11.6. The van der Waals surface area contributed by atoms with Crippen LogP contribution in [0.3, 0.4) is 0 Å². The van der Waals surface area contributed by atoms with E-state index in [4.69, 9.17) is 4.52 Å². The normalized spacial score (nSPS) is 16.6. The fourth-order valence-electron chi connectivity index (χ4n) is 2.53. The molecule has 0 fully saturated rings. The second-order valence-corrected chi connectivity index (χ2v) is 5.18. The summed E-state index contributed by atoms with van der Waals surface area (Å²) in [6.07, 6.45) is 0.733. The molecule has 20 heavy (non-hydrogen) atoms. The number of benzene rings is 1. The molecule has 1 aromatic heterocycles. The summed E-state index contributed by atoms with van der Waals surface area (Å²) in [7, 11) is 1.79. The third-order valence-electron chi connectivity index (χ3n) is 3.52. The quantitative estimate of drug-likeness (QED) is 0.927. The maximum absolute atomic E-state index is 12.4. The number of nitrogens with one attached hydrogen (secondary N) is 1. The van der Waals surface area contributed by atoms with Crippen molar-refractivity contribution in [1.82, 2.24) is 10.1 Å². The third kappa shape index (κ3) is 2.39. The molecule has 104 valence electrons. The summed E-state index contributed by atoms with van der Waals surface area (Å²) in [5.41, 5.74) is 3.02. The summed E-state index contributed by atoms with van der Waals surface area (Å²) in [5.74, 6) is 0.828. The van der Waals surface area contributed by atoms with Crippen LogP contribution in [0.2, 0.25) is 0 Å². The fraction of sp³-hybridized carbons (Fsp3) is 0.333. The summed E-state index contributed by atoms with van der Waals surface area (Å²) in [6, 6.07) is 9.68. The molecule has 0 saturated heterocycles. The number of likely N-dealkylation sites (N-methyl/N-ethyl adjacent to an activating group) is 1. The van der Waals surface area contributed by atoms with Crippen molar-refractivity contribution in [3.8, 4) is 0 Å². The summed E-state index contributed by atoms with van der Waals surface area (Å²) in [5, 5.41) is 7.19. The Morgan fingerprint density at radius 2 is 2.30 bits per heavy atom. The van der Waals surface area contributed by atoms with E-state index in [1.54, 1.807) is 11.9 Å². The largest absolute Gasteiger partial charge is 0.373 e. The van der Waals surface area contributed by atoms with Gasteiger partial charge in [-0.05, 0) is 18.6 Å². The number of carbonyl (C=O) groups is 1. The maximum atomic E-state index is 12.4. The molecule has 2 heterocycles. The number of fused-ring (bicyclic) bond motifs is 1. The van der Waals surface area contributed by atoms with Gasteiger partial charge in [0.25, 0.3) is 0 Å². The lowest BCUT2D eigenvalue weighted by Gasteiger charge is -2.20. The molecule has 1 aromatic carbocycles. The van der Waals surface area contributed by atoms with Crippen molar-refractivity contribution in [2.24, 2.45) is 0 Å². The van der Waals surface area contributed by atoms with Crippen molar-refractivity contribution < 1.29 is 9.32 Å². The fourth-order valence-corrected chi connectivity index (χ4v) is 2.53. The number of nitrogens with zero attached hydrogens (tertiary/aromatic N) is 2. The van der Waals surface area contributed by atoms with Gasteiger partial charge in [0.15, 0.2) is 0 Å². The predicted octanol–water partition coefficient (Wildman–Crippen LogP) is 1.98. The van der Waals surface area contributed by atoms with Gasteiger partial charge in [-0.2, -0.15) is 0 Å². The molecule has 1 atom stereocenters. The van der Waals surface area contributed by atoms with Crippen LogP contribution >= 0.6 is 0 Å². The molecule has 5 nitrogen and oxygen atoms in total. The smallest absolute Gasteiger partial charge is 0.245 e. The van der Waals surface area contributed by atoms with Gasteiger partial charge in [0, 0.05) is 25.2 Å². The zero-order chi connectivity index (χ0) is 14.1. The molecule has 1 amide bonds. The minimum atomic E-state index is -0.189. The minimum absolute atomic E-state index is 0.0712. The van der Waals surface area contributed by atoms with Crippen LogP contribution in [-0.2, 0) is 17.8 Å². The first-order valence-corrected chi connectivity index (χ1v) is 6.65. The van der Waals surface area contributed by atoms with E-state index in [0.29, 0.717) is 6.54 Å². The molecule has 2 aromatic rings. The standard InChI is InChI=1S/C15H17N3O2/c1-10-7-12(17-20-10)9-18(2)15(19)14-8-11-5-3-4-6-13(11)16-14/h3-7,14,16H,8-9H2,1-2H3/t14-/m0/s1. The molecule has 0 aliphatic carbocycles. The van der Waals surface area contributed by atoms with Gasteiger partial charge >= 0.3 is 0 Å². The Balaban J connectivity index is 1.65. The number of para-hydroxylation sites is 1. The van der Waals surface area contributed by atoms with E-state index in [9.17, 15) is 4.79 Å². The molecule has 0 unspecified atom stereocenters. The Kier molecular flexibility index (Phi) is 3.18. The highest BCUT2D eigenvalue weighted by atomic mass is 16.5. The molecule has 0 radical (unpaired) electrons. The second-order valence-electron chi connectivity index (χ2n) is 5.18. The first-order chi connectivity index (χ1) is 9.63. The van der Waals surface area contributed by atoms with Gasteiger partial charge in [-0.1, -0.05) is 23.4 Å². The van der Waals surface area contributed by atoms with Gasteiger partial charge < -0.3 is 14.7 Å². The van der Waals surface area contributed by atoms with Crippen LogP contribution < -0.4 is 5.32 Å². The Bertz CT molecular complexity index is 611. The lowest BCUT2D eigenvalue weighted by atomic mass is 10.1. The molecule has 1 aliphatic rings. The molecule has 0 bridgehead atoms. The Morgan fingerprint density at radius 3 is 3.00 bits per heavy atom. The van der Waals surface area contributed by atoms with Gasteiger partial charge in [0.2, 0.25) is 5.91 Å². The summed E-state index contributed by atoms with van der Waals surface area (Å²) in [6.45, 7) is 2.30. The van der Waals surface area contributed by atoms with Crippen LogP contribution in [-0.4, -0.2) is 29.1 Å². The van der Waals surface area contributed by atoms with E-state index in [1.807, 2.05) is 31.2 Å². The van der Waals surface area contributed by atoms with Crippen LogP contribution in [0.5, 0.6) is 0 Å². The molecule has 1 N–H and O–H groups in total. The van der Waals surface area contributed by atoms with Gasteiger partial charge in [-0.25, -0.2) is 0 Å². The Morgan fingerprint density at radius 1 is 1.50 bits per heavy atom. The molecule has 3 rings (SSSR count). The third-order valence-corrected chi connectivity index (χ3v) is 3.52. The lowest BCUT2D eigenvalue weighted by molar-refractivity contribution is -0.131. The van der Waals surface area contributed by atoms with Crippen molar-refractivity contribution in [1.29, 1.82) is 0 Å². The van der Waals surface area contributed by atoms with Gasteiger partial charge in [0.05, 0.1) is 6.54 Å². The van der Waals surface area contributed by atoms with Crippen molar-refractivity contribution in [2.75, 3.05) is 12.4 Å². The Labute approximate surface area is 117 Å². The first kappa shape index (κ1) is 12.7. The van der Waals surface area contributed by atoms with Gasteiger partial charge in [0.1, 0.15) is 17.5 Å². The van der Waals surface area contributed by atoms with E-state index in [2.05, 4.69) is 16.5 Å². The van der Waals surface area contributed by atoms with Crippen molar-refractivity contribution in [3.63, 3.8) is 0 Å². The van der Waals surface area contributed by atoms with Crippen LogP contribution in [0, 0.1) is 6.92 Å². The molecule has 0 saturated carbocycles. The molecular formula is C15H17N3O2. The Hall–Kier alpha value is -2.30. The summed E-state index contributed by atoms with van der Waals surface area (Å²) >= 11 is 0. The van der Waals surface area contributed by atoms with Crippen LogP contribution in [0.15, 0.2) is 34.9 Å². The van der Waals surface area contributed by atoms with Crippen LogP contribution in [0.25, 0.3) is 0 Å². The number of aromatic nitrogens is 1. The molecule has 5 heteroatoms. The minimum Gasteiger partial charge on any atom is -0.373 e. The van der Waals surface area contributed by atoms with Crippen molar-refractivity contribution in [2.45, 2.75) is 25.9 Å². The summed E-state index contributed by atoms with van der Waals surface area (Å²) in [4.78, 5) is 14.1. The molecule has 1 aliphatic heterocycles. The second kappa shape index (κ2) is 5.00. The lowest BCUT2D eigenvalue weighted by Crippen LogP contribution is -2.39. The maximum Gasteiger partial charge on any atom is 0.245 e. The van der Waals surface area contributed by atoms with E-state index < -0.39 is 0 Å². The highest BCUT2D eigenvalue weighted by molar-refractivity contribution is 5.87. The van der Waals surface area contributed by atoms with Crippen molar-refractivity contribution in [3.05, 3.63) is 47.3 Å². The predicted molar refractivity (Wildman–Crippen MR) is 75.3 cm³/mol. The average molecular weight is 271 g/mol. The zero-order valence-corrected chi connectivity index (χ0v) is 11.6.